The number of nitrogens with zero attached hydrogens (tertiary/aromatic N) is 1. The number of nitrogens with two attached hydrogens (primary N) is 2. The van der Waals surface area contributed by atoms with Crippen LogP contribution in [-0.2, 0) is 14.8 Å². The summed E-state index contributed by atoms with van der Waals surface area (Å²) in [7, 11) is -3.77. The number of hydrogen-bond donors (Lipinski definition) is 4. The Labute approximate surface area is 97.0 Å². The van der Waals surface area contributed by atoms with Crippen molar-refractivity contribution in [3.63, 3.8) is 0 Å². The van der Waals surface area contributed by atoms with E-state index in [1.807, 2.05) is 0 Å². The largest absolute Gasteiger partial charge is 0.409 e. The monoisotopic (exact) mass is 258 g/mol. The van der Waals surface area contributed by atoms with Crippen molar-refractivity contribution in [3.05, 3.63) is 24.3 Å². The van der Waals surface area contributed by atoms with Crippen molar-refractivity contribution in [2.45, 2.75) is 4.90 Å². The molecule has 0 heterocycles. The Bertz CT molecular complexity index is 549. The molecule has 0 saturated heterocycles. The fourth-order valence-electron chi connectivity index (χ4n) is 0.968. The van der Waals surface area contributed by atoms with Crippen LogP contribution < -0.4 is 16.2 Å². The summed E-state index contributed by atoms with van der Waals surface area (Å²) >= 11 is 0. The van der Waals surface area contributed by atoms with E-state index in [-0.39, 0.29) is 10.6 Å². The zero-order valence-corrected chi connectivity index (χ0v) is 9.31. The summed E-state index contributed by atoms with van der Waals surface area (Å²) in [6.07, 6.45) is 0. The molecule has 1 aromatic carbocycles. The van der Waals surface area contributed by atoms with Gasteiger partial charge < -0.3 is 16.3 Å². The van der Waals surface area contributed by atoms with E-state index in [0.717, 1.165) is 0 Å². The Morgan fingerprint density at radius 2 is 1.82 bits per heavy atom. The maximum absolute atomic E-state index is 11.2. The van der Waals surface area contributed by atoms with Crippen LogP contribution in [0.2, 0.25) is 0 Å². The number of rotatable bonds is 2. The lowest BCUT2D eigenvalue weighted by Gasteiger charge is -2.04. The standard InChI is InChI=1S/C8H10N4O4S/c9-7(12-14)8(13)11-5-1-3-6(4-2-5)17(10,15)16/h1-4,14H,(H2,9,12)(H,11,13)(H2,10,15,16). The van der Waals surface area contributed by atoms with Crippen LogP contribution in [0.15, 0.2) is 34.3 Å². The summed E-state index contributed by atoms with van der Waals surface area (Å²) < 4.78 is 21.9. The lowest BCUT2D eigenvalue weighted by atomic mass is 10.3. The zero-order valence-electron chi connectivity index (χ0n) is 8.49. The zero-order chi connectivity index (χ0) is 13.1. The van der Waals surface area contributed by atoms with E-state index >= 15 is 0 Å². The first-order valence-corrected chi connectivity index (χ1v) is 5.81. The second-order valence-corrected chi connectivity index (χ2v) is 4.57. The van der Waals surface area contributed by atoms with Crippen LogP contribution in [0.25, 0.3) is 0 Å². The summed E-state index contributed by atoms with van der Waals surface area (Å²) in [5, 5.41) is 17.9. The fraction of sp³-hybridized carbons (Fsp3) is 0. The number of carbonyl (C=O) groups excluding carboxylic acids is 1. The summed E-state index contributed by atoms with van der Waals surface area (Å²) in [5.74, 6) is -1.42. The minimum atomic E-state index is -3.77. The van der Waals surface area contributed by atoms with E-state index in [4.69, 9.17) is 16.1 Å². The highest BCUT2D eigenvalue weighted by molar-refractivity contribution is 7.89. The molecule has 92 valence electrons. The predicted molar refractivity (Wildman–Crippen MR) is 59.9 cm³/mol. The van der Waals surface area contributed by atoms with Gasteiger partial charge in [-0.15, -0.1) is 0 Å². The molecule has 0 aliphatic heterocycles. The number of anilines is 1. The molecule has 0 bridgehead atoms. The molecule has 0 atom stereocenters. The molecule has 0 radical (unpaired) electrons. The normalized spacial score (nSPS) is 12.2. The van der Waals surface area contributed by atoms with Gasteiger partial charge in [-0.05, 0) is 24.3 Å². The number of amides is 1. The third-order valence-corrected chi connectivity index (χ3v) is 2.71. The lowest BCUT2D eigenvalue weighted by Crippen LogP contribution is -2.30. The van der Waals surface area contributed by atoms with Crippen LogP contribution in [-0.4, -0.2) is 25.4 Å². The van der Waals surface area contributed by atoms with E-state index in [1.54, 1.807) is 0 Å². The average Bonchev–Trinajstić information content (AvgIpc) is 2.27. The Morgan fingerprint density at radius 3 is 2.24 bits per heavy atom. The Hall–Kier alpha value is -2.13. The summed E-state index contributed by atoms with van der Waals surface area (Å²) in [6, 6.07) is 5.08. The van der Waals surface area contributed by atoms with Crippen LogP contribution in [0.3, 0.4) is 0 Å². The van der Waals surface area contributed by atoms with Gasteiger partial charge >= 0.3 is 0 Å². The topological polar surface area (TPSA) is 148 Å². The highest BCUT2D eigenvalue weighted by Gasteiger charge is 2.10. The molecule has 8 nitrogen and oxygen atoms in total. The van der Waals surface area contributed by atoms with Crippen LogP contribution in [0.1, 0.15) is 0 Å². The molecule has 0 aromatic heterocycles. The van der Waals surface area contributed by atoms with Crippen molar-refractivity contribution in [2.75, 3.05) is 5.32 Å². The Kier molecular flexibility index (Phi) is 3.66. The molecular weight excluding hydrogens is 248 g/mol. The number of benzene rings is 1. The van der Waals surface area contributed by atoms with Crippen molar-refractivity contribution in [3.8, 4) is 0 Å². The summed E-state index contributed by atoms with van der Waals surface area (Å²) in [4.78, 5) is 11.1. The number of carbonyl (C=O) groups is 1. The highest BCUT2D eigenvalue weighted by Crippen LogP contribution is 2.12. The number of primary sulfonamides is 1. The quantitative estimate of drug-likeness (QED) is 0.233. The smallest absolute Gasteiger partial charge is 0.294 e. The van der Waals surface area contributed by atoms with Crippen molar-refractivity contribution in [2.24, 2.45) is 16.0 Å². The summed E-state index contributed by atoms with van der Waals surface area (Å²) in [5.41, 5.74) is 5.32. The van der Waals surface area contributed by atoms with E-state index in [2.05, 4.69) is 10.5 Å². The van der Waals surface area contributed by atoms with Crippen molar-refractivity contribution in [1.82, 2.24) is 0 Å². The predicted octanol–water partition coefficient (Wildman–Crippen LogP) is -0.981. The van der Waals surface area contributed by atoms with Gasteiger partial charge in [0.05, 0.1) is 4.90 Å². The van der Waals surface area contributed by atoms with Gasteiger partial charge in [0.1, 0.15) is 0 Å². The van der Waals surface area contributed by atoms with Gasteiger partial charge in [-0.2, -0.15) is 0 Å². The molecule has 1 aromatic rings. The van der Waals surface area contributed by atoms with Gasteiger partial charge in [-0.1, -0.05) is 5.16 Å². The molecule has 9 heteroatoms. The van der Waals surface area contributed by atoms with E-state index < -0.39 is 21.8 Å². The third-order valence-electron chi connectivity index (χ3n) is 1.78. The number of hydrogen-bond acceptors (Lipinski definition) is 5. The number of nitrogens with one attached hydrogen (secondary N) is 1. The Morgan fingerprint density at radius 1 is 1.29 bits per heavy atom. The van der Waals surface area contributed by atoms with Gasteiger partial charge in [-0.3, -0.25) is 4.79 Å². The van der Waals surface area contributed by atoms with Crippen molar-refractivity contribution < 1.29 is 18.4 Å². The third kappa shape index (κ3) is 3.43. The SMILES string of the molecule is NC(=NO)C(=O)Nc1ccc(S(N)(=O)=O)cc1. The number of sulfonamides is 1. The first-order valence-electron chi connectivity index (χ1n) is 4.26. The molecule has 0 spiro atoms. The van der Waals surface area contributed by atoms with Gasteiger partial charge in [0.25, 0.3) is 5.91 Å². The van der Waals surface area contributed by atoms with Crippen LogP contribution >= 0.6 is 0 Å². The fourth-order valence-corrected chi connectivity index (χ4v) is 1.48. The van der Waals surface area contributed by atoms with Gasteiger partial charge in [0.2, 0.25) is 15.9 Å². The Balaban J connectivity index is 2.87. The maximum atomic E-state index is 11.2. The second-order valence-electron chi connectivity index (χ2n) is 3.01. The van der Waals surface area contributed by atoms with Gasteiger partial charge in [0.15, 0.2) is 0 Å². The lowest BCUT2D eigenvalue weighted by molar-refractivity contribution is -0.110. The molecular formula is C8H10N4O4S. The van der Waals surface area contributed by atoms with Gasteiger partial charge in [0, 0.05) is 5.69 Å². The molecule has 1 rings (SSSR count). The van der Waals surface area contributed by atoms with E-state index in [9.17, 15) is 13.2 Å². The molecule has 6 N–H and O–H groups in total. The molecule has 0 fully saturated rings. The molecule has 0 aliphatic carbocycles. The molecule has 0 unspecified atom stereocenters. The first-order chi connectivity index (χ1) is 7.84. The summed E-state index contributed by atoms with van der Waals surface area (Å²) in [6.45, 7) is 0. The highest BCUT2D eigenvalue weighted by atomic mass is 32.2. The minimum absolute atomic E-state index is 0.0840. The molecule has 1 amide bonds. The molecule has 0 saturated carbocycles. The second kappa shape index (κ2) is 4.80. The molecule has 0 aliphatic rings. The van der Waals surface area contributed by atoms with Crippen molar-refractivity contribution >= 4 is 27.5 Å². The van der Waals surface area contributed by atoms with Crippen molar-refractivity contribution in [1.29, 1.82) is 0 Å². The average molecular weight is 258 g/mol. The van der Waals surface area contributed by atoms with Crippen LogP contribution in [0, 0.1) is 0 Å². The number of amidine groups is 1. The van der Waals surface area contributed by atoms with Gasteiger partial charge in [-0.25, -0.2) is 13.6 Å². The first kappa shape index (κ1) is 12.9. The minimum Gasteiger partial charge on any atom is -0.409 e. The molecule has 17 heavy (non-hydrogen) atoms. The van der Waals surface area contributed by atoms with E-state index in [0.29, 0.717) is 0 Å². The van der Waals surface area contributed by atoms with Crippen LogP contribution in [0.4, 0.5) is 5.69 Å². The maximum Gasteiger partial charge on any atom is 0.294 e. The number of oxime groups is 1. The van der Waals surface area contributed by atoms with E-state index in [1.165, 1.54) is 24.3 Å². The van der Waals surface area contributed by atoms with Crippen LogP contribution in [0.5, 0.6) is 0 Å².